The van der Waals surface area contributed by atoms with Crippen LogP contribution in [0.2, 0.25) is 0 Å². The van der Waals surface area contributed by atoms with Gasteiger partial charge in [-0.1, -0.05) is 0 Å². The highest BCUT2D eigenvalue weighted by Gasteiger charge is 2.45. The van der Waals surface area contributed by atoms with E-state index in [1.807, 2.05) is 20.8 Å². The average molecular weight is 231 g/mol. The van der Waals surface area contributed by atoms with Gasteiger partial charge in [0, 0.05) is 0 Å². The molecule has 1 aliphatic heterocycles. The van der Waals surface area contributed by atoms with Crippen molar-refractivity contribution in [3.05, 3.63) is 0 Å². The monoisotopic (exact) mass is 231 g/mol. The first-order valence-corrected chi connectivity index (χ1v) is 5.41. The molecule has 1 N–H and O–H groups in total. The maximum absolute atomic E-state index is 10.9. The van der Waals surface area contributed by atoms with Crippen molar-refractivity contribution < 1.29 is 19.4 Å². The van der Waals surface area contributed by atoms with Gasteiger partial charge < -0.3 is 19.4 Å². The smallest absolute Gasteiger partial charge is 0.219 e. The highest BCUT2D eigenvalue weighted by atomic mass is 16.7. The molecule has 0 saturated carbocycles. The fraction of sp³-hybridized carbons (Fsp3) is 0.909. The fourth-order valence-electron chi connectivity index (χ4n) is 1.75. The predicted molar refractivity (Wildman–Crippen MR) is 58.6 cm³/mol. The van der Waals surface area contributed by atoms with E-state index in [-0.39, 0.29) is 6.61 Å². The zero-order valence-corrected chi connectivity index (χ0v) is 10.6. The number of aldehydes is 1. The van der Waals surface area contributed by atoms with Crippen LogP contribution < -0.4 is 0 Å². The average Bonchev–Trinajstić information content (AvgIpc) is 2.37. The highest BCUT2D eigenvalue weighted by molar-refractivity contribution is 5.58. The Balaban J connectivity index is 2.78. The number of nitrogens with zero attached hydrogens (tertiary/aromatic N) is 1. The molecule has 0 aliphatic carbocycles. The Bertz CT molecular complexity index is 259. The maximum atomic E-state index is 10.9. The molecule has 2 atom stereocenters. The second-order valence-corrected chi connectivity index (χ2v) is 5.42. The van der Waals surface area contributed by atoms with E-state index in [9.17, 15) is 9.90 Å². The van der Waals surface area contributed by atoms with E-state index in [4.69, 9.17) is 9.47 Å². The molecule has 0 aromatic rings. The molecule has 1 heterocycles. The zero-order chi connectivity index (χ0) is 12.6. The van der Waals surface area contributed by atoms with E-state index < -0.39 is 23.8 Å². The van der Waals surface area contributed by atoms with Crippen molar-refractivity contribution in [3.63, 3.8) is 0 Å². The minimum atomic E-state index is -1.15. The second-order valence-electron chi connectivity index (χ2n) is 5.42. The molecule has 16 heavy (non-hydrogen) atoms. The van der Waals surface area contributed by atoms with Gasteiger partial charge in [-0.15, -0.1) is 0 Å². The molecule has 1 saturated heterocycles. The van der Waals surface area contributed by atoms with Gasteiger partial charge in [-0.3, -0.25) is 0 Å². The second kappa shape index (κ2) is 4.41. The number of aliphatic hydroxyl groups is 1. The maximum Gasteiger partial charge on any atom is 0.219 e. The molecule has 5 nitrogen and oxygen atoms in total. The van der Waals surface area contributed by atoms with Crippen LogP contribution in [0.3, 0.4) is 0 Å². The summed E-state index contributed by atoms with van der Waals surface area (Å²) in [5.74, 6) is 0. The largest absolute Gasteiger partial charge is 0.359 e. The number of hydrogen-bond acceptors (Lipinski definition) is 5. The van der Waals surface area contributed by atoms with E-state index in [0.29, 0.717) is 0 Å². The van der Waals surface area contributed by atoms with Crippen LogP contribution in [0.4, 0.5) is 0 Å². The first kappa shape index (κ1) is 13.6. The lowest BCUT2D eigenvalue weighted by Crippen LogP contribution is -2.53. The molecule has 1 unspecified atom stereocenters. The lowest BCUT2D eigenvalue weighted by molar-refractivity contribution is -0.275. The van der Waals surface area contributed by atoms with Crippen LogP contribution >= 0.6 is 0 Å². The first-order chi connectivity index (χ1) is 7.17. The number of hydrogen-bond donors (Lipinski definition) is 1. The van der Waals surface area contributed by atoms with Crippen molar-refractivity contribution in [1.29, 1.82) is 0 Å². The van der Waals surface area contributed by atoms with Crippen LogP contribution in [-0.4, -0.2) is 46.7 Å². The summed E-state index contributed by atoms with van der Waals surface area (Å²) in [6, 6.07) is -0.465. The number of carbonyl (C=O) groups excluding carboxylic acids is 1. The summed E-state index contributed by atoms with van der Waals surface area (Å²) in [6.07, 6.45) is -0.378. The quantitative estimate of drug-likeness (QED) is 0.572. The van der Waals surface area contributed by atoms with Crippen molar-refractivity contribution in [2.75, 3.05) is 6.61 Å². The van der Waals surface area contributed by atoms with Crippen LogP contribution in [0, 0.1) is 0 Å². The summed E-state index contributed by atoms with van der Waals surface area (Å²) in [5.41, 5.74) is -1.18. The Labute approximate surface area is 96.3 Å². The van der Waals surface area contributed by atoms with Crippen molar-refractivity contribution in [2.24, 2.45) is 0 Å². The van der Waals surface area contributed by atoms with Crippen LogP contribution in [0.5, 0.6) is 0 Å². The molecule has 94 valence electrons. The van der Waals surface area contributed by atoms with Crippen LogP contribution in [0.25, 0.3) is 0 Å². The molecule has 0 amide bonds. The van der Waals surface area contributed by atoms with Gasteiger partial charge in [-0.2, -0.15) is 0 Å². The van der Waals surface area contributed by atoms with Gasteiger partial charge >= 0.3 is 0 Å². The third-order valence-corrected chi connectivity index (χ3v) is 2.44. The molecule has 0 spiro atoms. The minimum Gasteiger partial charge on any atom is -0.359 e. The SMILES string of the molecule is CC(C)(C)OC(O)N1[C@@H](C=O)COC1(C)C. The van der Waals surface area contributed by atoms with Gasteiger partial charge in [0.15, 0.2) is 0 Å². The molecular weight excluding hydrogens is 210 g/mol. The summed E-state index contributed by atoms with van der Waals surface area (Å²) in [6.45, 7) is 9.40. The molecule has 5 heteroatoms. The Morgan fingerprint density at radius 3 is 2.56 bits per heavy atom. The van der Waals surface area contributed by atoms with Gasteiger partial charge in [0.2, 0.25) is 6.41 Å². The molecule has 0 bridgehead atoms. The summed E-state index contributed by atoms with van der Waals surface area (Å²) >= 11 is 0. The molecule has 0 radical (unpaired) electrons. The van der Waals surface area contributed by atoms with Crippen molar-refractivity contribution in [1.82, 2.24) is 4.90 Å². The first-order valence-electron chi connectivity index (χ1n) is 5.41. The van der Waals surface area contributed by atoms with Crippen molar-refractivity contribution in [2.45, 2.75) is 58.4 Å². The molecule has 1 fully saturated rings. The zero-order valence-electron chi connectivity index (χ0n) is 10.6. The Hall–Kier alpha value is -0.490. The highest BCUT2D eigenvalue weighted by Crippen LogP contribution is 2.29. The van der Waals surface area contributed by atoms with E-state index in [1.165, 1.54) is 4.90 Å². The minimum absolute atomic E-state index is 0.279. The normalized spacial score (nSPS) is 28.0. The Morgan fingerprint density at radius 2 is 2.12 bits per heavy atom. The van der Waals surface area contributed by atoms with E-state index in [0.717, 1.165) is 6.29 Å². The van der Waals surface area contributed by atoms with Gasteiger partial charge in [0.1, 0.15) is 12.0 Å². The Kier molecular flexibility index (Phi) is 3.74. The van der Waals surface area contributed by atoms with Gasteiger partial charge in [0.25, 0.3) is 0 Å². The summed E-state index contributed by atoms with van der Waals surface area (Å²) in [7, 11) is 0. The van der Waals surface area contributed by atoms with Crippen molar-refractivity contribution in [3.8, 4) is 0 Å². The summed E-state index contributed by atoms with van der Waals surface area (Å²) in [5, 5.41) is 9.99. The third kappa shape index (κ3) is 3.01. The summed E-state index contributed by atoms with van der Waals surface area (Å²) in [4.78, 5) is 12.4. The molecule has 0 aromatic carbocycles. The topological polar surface area (TPSA) is 59.0 Å². The molecule has 1 aliphatic rings. The third-order valence-electron chi connectivity index (χ3n) is 2.44. The lowest BCUT2D eigenvalue weighted by Gasteiger charge is -2.37. The number of ether oxygens (including phenoxy) is 2. The number of aliphatic hydroxyl groups excluding tert-OH is 1. The fourth-order valence-corrected chi connectivity index (χ4v) is 1.75. The van der Waals surface area contributed by atoms with Crippen LogP contribution in [0.15, 0.2) is 0 Å². The van der Waals surface area contributed by atoms with E-state index in [1.54, 1.807) is 13.8 Å². The standard InChI is InChI=1S/C11H21NO4/c1-10(2,3)16-9(14)12-8(6-13)7-15-11(12,4)5/h6,8-9,14H,7H2,1-5H3/t8-,9?/m0/s1. The van der Waals surface area contributed by atoms with E-state index >= 15 is 0 Å². The van der Waals surface area contributed by atoms with Gasteiger partial charge in [-0.25, -0.2) is 4.90 Å². The van der Waals surface area contributed by atoms with Crippen molar-refractivity contribution >= 4 is 6.29 Å². The van der Waals surface area contributed by atoms with Gasteiger partial charge in [-0.05, 0) is 34.6 Å². The molecule has 0 aromatic heterocycles. The van der Waals surface area contributed by atoms with Crippen LogP contribution in [0.1, 0.15) is 34.6 Å². The Morgan fingerprint density at radius 1 is 1.56 bits per heavy atom. The van der Waals surface area contributed by atoms with Gasteiger partial charge in [0.05, 0.1) is 18.2 Å². The lowest BCUT2D eigenvalue weighted by atomic mass is 10.2. The number of carbonyl (C=O) groups is 1. The predicted octanol–water partition coefficient (Wildman–Crippen LogP) is 0.713. The summed E-state index contributed by atoms with van der Waals surface area (Å²) < 4.78 is 10.9. The number of rotatable bonds is 3. The molecular formula is C11H21NO4. The van der Waals surface area contributed by atoms with Crippen LogP contribution in [-0.2, 0) is 14.3 Å². The molecule has 1 rings (SSSR count). The van der Waals surface area contributed by atoms with E-state index in [2.05, 4.69) is 0 Å².